The molecule has 0 aliphatic carbocycles. The summed E-state index contributed by atoms with van der Waals surface area (Å²) in [7, 11) is 0. The molecule has 0 atom stereocenters. The van der Waals surface area contributed by atoms with Crippen LogP contribution in [0.2, 0.25) is 0 Å². The molecule has 0 unspecified atom stereocenters. The molecule has 0 saturated carbocycles. The second kappa shape index (κ2) is 6.51. The van der Waals surface area contributed by atoms with Crippen LogP contribution in [0, 0.1) is 10.1 Å². The SMILES string of the molecule is CCCNCCn1cc([N+](=O)[O-])cc(Br)c1=O. The van der Waals surface area contributed by atoms with Crippen molar-refractivity contribution in [1.82, 2.24) is 9.88 Å². The van der Waals surface area contributed by atoms with E-state index in [2.05, 4.69) is 21.2 Å². The van der Waals surface area contributed by atoms with Crippen molar-refractivity contribution in [1.29, 1.82) is 0 Å². The normalized spacial score (nSPS) is 10.5. The average molecular weight is 304 g/mol. The van der Waals surface area contributed by atoms with E-state index in [4.69, 9.17) is 0 Å². The van der Waals surface area contributed by atoms with E-state index in [1.807, 2.05) is 6.92 Å². The largest absolute Gasteiger partial charge is 0.315 e. The number of nitro groups is 1. The van der Waals surface area contributed by atoms with Crippen molar-refractivity contribution >= 4 is 21.6 Å². The molecule has 0 aliphatic heterocycles. The third kappa shape index (κ3) is 3.94. The topological polar surface area (TPSA) is 77.2 Å². The summed E-state index contributed by atoms with van der Waals surface area (Å²) in [6.07, 6.45) is 2.27. The maximum atomic E-state index is 11.7. The third-order valence-electron chi connectivity index (χ3n) is 2.19. The number of rotatable bonds is 6. The number of nitrogens with one attached hydrogen (secondary N) is 1. The summed E-state index contributed by atoms with van der Waals surface area (Å²) >= 11 is 3.03. The molecule has 94 valence electrons. The molecule has 0 fully saturated rings. The van der Waals surface area contributed by atoms with Gasteiger partial charge in [0.15, 0.2) is 0 Å². The molecule has 1 heterocycles. The van der Waals surface area contributed by atoms with E-state index in [0.29, 0.717) is 13.1 Å². The second-order valence-corrected chi connectivity index (χ2v) is 4.41. The molecule has 0 radical (unpaired) electrons. The smallest absolute Gasteiger partial charge is 0.286 e. The van der Waals surface area contributed by atoms with Crippen LogP contribution in [0.5, 0.6) is 0 Å². The molecule has 1 aromatic heterocycles. The Morgan fingerprint density at radius 2 is 2.24 bits per heavy atom. The minimum atomic E-state index is -0.514. The molecule has 1 rings (SSSR count). The molecular weight excluding hydrogens is 290 g/mol. The van der Waals surface area contributed by atoms with Gasteiger partial charge >= 0.3 is 0 Å². The summed E-state index contributed by atoms with van der Waals surface area (Å²) in [6.45, 7) is 3.94. The fourth-order valence-corrected chi connectivity index (χ4v) is 1.81. The quantitative estimate of drug-likeness (QED) is 0.491. The summed E-state index contributed by atoms with van der Waals surface area (Å²) in [5, 5.41) is 13.8. The van der Waals surface area contributed by atoms with Gasteiger partial charge in [-0.2, -0.15) is 0 Å². The van der Waals surface area contributed by atoms with E-state index in [9.17, 15) is 14.9 Å². The molecule has 0 bridgehead atoms. The average Bonchev–Trinajstić information content (AvgIpc) is 2.29. The van der Waals surface area contributed by atoms with Crippen molar-refractivity contribution in [2.45, 2.75) is 19.9 Å². The number of halogens is 1. The van der Waals surface area contributed by atoms with Crippen molar-refractivity contribution in [2.24, 2.45) is 0 Å². The molecule has 1 N–H and O–H groups in total. The van der Waals surface area contributed by atoms with Gasteiger partial charge in [-0.1, -0.05) is 6.92 Å². The van der Waals surface area contributed by atoms with Crippen molar-refractivity contribution in [3.8, 4) is 0 Å². The Bertz CT molecular complexity index is 459. The van der Waals surface area contributed by atoms with Gasteiger partial charge in [-0.3, -0.25) is 14.9 Å². The molecule has 6 nitrogen and oxygen atoms in total. The van der Waals surface area contributed by atoms with Crippen molar-refractivity contribution < 1.29 is 4.92 Å². The maximum Gasteiger partial charge on any atom is 0.286 e. The highest BCUT2D eigenvalue weighted by atomic mass is 79.9. The Balaban J connectivity index is 2.83. The Labute approximate surface area is 107 Å². The van der Waals surface area contributed by atoms with Gasteiger partial charge in [0.2, 0.25) is 0 Å². The number of pyridine rings is 1. The van der Waals surface area contributed by atoms with Gasteiger partial charge in [0, 0.05) is 19.2 Å². The van der Waals surface area contributed by atoms with Crippen LogP contribution in [-0.2, 0) is 6.54 Å². The van der Waals surface area contributed by atoms with Crippen LogP contribution in [0.4, 0.5) is 5.69 Å². The molecule has 0 spiro atoms. The van der Waals surface area contributed by atoms with Gasteiger partial charge in [0.1, 0.15) is 0 Å². The van der Waals surface area contributed by atoms with E-state index in [1.165, 1.54) is 16.8 Å². The summed E-state index contributed by atoms with van der Waals surface area (Å²) in [5.74, 6) is 0. The van der Waals surface area contributed by atoms with Gasteiger partial charge in [0.25, 0.3) is 11.2 Å². The standard InChI is InChI=1S/C10H14BrN3O3/c1-2-3-12-4-5-13-7-8(14(16)17)6-9(11)10(13)15/h6-7,12H,2-5H2,1H3. The van der Waals surface area contributed by atoms with Gasteiger partial charge < -0.3 is 9.88 Å². The lowest BCUT2D eigenvalue weighted by atomic mass is 10.4. The molecule has 7 heteroatoms. The van der Waals surface area contributed by atoms with Crippen LogP contribution in [0.15, 0.2) is 21.5 Å². The zero-order chi connectivity index (χ0) is 12.8. The first-order chi connectivity index (χ1) is 8.06. The summed E-state index contributed by atoms with van der Waals surface area (Å²) in [6, 6.07) is 1.22. The predicted octanol–water partition coefficient (Wildman–Crippen LogP) is 1.52. The molecular formula is C10H14BrN3O3. The van der Waals surface area contributed by atoms with E-state index in [0.717, 1.165) is 13.0 Å². The van der Waals surface area contributed by atoms with Gasteiger partial charge in [-0.05, 0) is 28.9 Å². The first-order valence-electron chi connectivity index (χ1n) is 5.31. The van der Waals surface area contributed by atoms with Gasteiger partial charge in [-0.15, -0.1) is 0 Å². The maximum absolute atomic E-state index is 11.7. The van der Waals surface area contributed by atoms with E-state index < -0.39 is 4.92 Å². The molecule has 0 aliphatic rings. The van der Waals surface area contributed by atoms with Crippen LogP contribution in [0.1, 0.15) is 13.3 Å². The zero-order valence-electron chi connectivity index (χ0n) is 9.48. The number of hydrogen-bond acceptors (Lipinski definition) is 4. The van der Waals surface area contributed by atoms with Crippen LogP contribution in [0.3, 0.4) is 0 Å². The molecule has 17 heavy (non-hydrogen) atoms. The molecule has 0 saturated heterocycles. The van der Waals surface area contributed by atoms with Crippen molar-refractivity contribution in [2.75, 3.05) is 13.1 Å². The number of aromatic nitrogens is 1. The molecule has 1 aromatic rings. The van der Waals surface area contributed by atoms with E-state index >= 15 is 0 Å². The summed E-state index contributed by atoms with van der Waals surface area (Å²) in [4.78, 5) is 21.8. The Morgan fingerprint density at radius 1 is 1.53 bits per heavy atom. The minimum absolute atomic E-state index is 0.0908. The van der Waals surface area contributed by atoms with Gasteiger partial charge in [-0.25, -0.2) is 0 Å². The highest BCUT2D eigenvalue weighted by molar-refractivity contribution is 9.10. The monoisotopic (exact) mass is 303 g/mol. The van der Waals surface area contributed by atoms with E-state index in [1.54, 1.807) is 0 Å². The van der Waals surface area contributed by atoms with Crippen LogP contribution in [0.25, 0.3) is 0 Å². The minimum Gasteiger partial charge on any atom is -0.315 e. The lowest BCUT2D eigenvalue weighted by molar-refractivity contribution is -0.385. The number of nitrogens with zero attached hydrogens (tertiary/aromatic N) is 2. The highest BCUT2D eigenvalue weighted by Crippen LogP contribution is 2.13. The first kappa shape index (κ1) is 13.9. The Hall–Kier alpha value is -1.21. The number of hydrogen-bond donors (Lipinski definition) is 1. The third-order valence-corrected chi connectivity index (χ3v) is 2.76. The Kier molecular flexibility index (Phi) is 5.30. The molecule has 0 amide bonds. The van der Waals surface area contributed by atoms with E-state index in [-0.39, 0.29) is 15.7 Å². The van der Waals surface area contributed by atoms with Crippen LogP contribution in [-0.4, -0.2) is 22.6 Å². The van der Waals surface area contributed by atoms with Crippen LogP contribution < -0.4 is 10.9 Å². The summed E-state index contributed by atoms with van der Waals surface area (Å²) < 4.78 is 1.55. The predicted molar refractivity (Wildman–Crippen MR) is 68.2 cm³/mol. The summed E-state index contributed by atoms with van der Waals surface area (Å²) in [5.41, 5.74) is -0.346. The zero-order valence-corrected chi connectivity index (χ0v) is 11.1. The Morgan fingerprint density at radius 3 is 2.82 bits per heavy atom. The van der Waals surface area contributed by atoms with Crippen molar-refractivity contribution in [3.05, 3.63) is 37.2 Å². The fraction of sp³-hybridized carbons (Fsp3) is 0.500. The lowest BCUT2D eigenvalue weighted by Crippen LogP contribution is -2.27. The van der Waals surface area contributed by atoms with Crippen LogP contribution >= 0.6 is 15.9 Å². The van der Waals surface area contributed by atoms with Crippen molar-refractivity contribution in [3.63, 3.8) is 0 Å². The molecule has 0 aromatic carbocycles. The lowest BCUT2D eigenvalue weighted by Gasteiger charge is -2.07. The first-order valence-corrected chi connectivity index (χ1v) is 6.10. The fourth-order valence-electron chi connectivity index (χ4n) is 1.35. The second-order valence-electron chi connectivity index (χ2n) is 3.55. The highest BCUT2D eigenvalue weighted by Gasteiger charge is 2.11. The van der Waals surface area contributed by atoms with Gasteiger partial charge in [0.05, 0.1) is 15.6 Å².